The van der Waals surface area contributed by atoms with Crippen LogP contribution in [0.25, 0.3) is 0 Å². The van der Waals surface area contributed by atoms with Crippen LogP contribution >= 0.6 is 0 Å². The molecule has 1 aromatic carbocycles. The molecule has 0 amide bonds. The van der Waals surface area contributed by atoms with E-state index >= 15 is 0 Å². The first-order valence-electron chi connectivity index (χ1n) is 6.12. The van der Waals surface area contributed by atoms with E-state index in [1.54, 1.807) is 0 Å². The number of rotatable bonds is 6. The summed E-state index contributed by atoms with van der Waals surface area (Å²) in [6, 6.07) is 2.92. The summed E-state index contributed by atoms with van der Waals surface area (Å²) in [5, 5.41) is 0. The zero-order valence-corrected chi connectivity index (χ0v) is 10.7. The van der Waals surface area contributed by atoms with Crippen molar-refractivity contribution < 1.29 is 13.6 Å². The fourth-order valence-corrected chi connectivity index (χ4v) is 2.01. The molecule has 0 radical (unpaired) electrons. The van der Waals surface area contributed by atoms with Gasteiger partial charge in [0.15, 0.2) is 5.78 Å². The van der Waals surface area contributed by atoms with Crippen LogP contribution < -0.4 is 5.73 Å². The monoisotopic (exact) mass is 255 g/mol. The fourth-order valence-electron chi connectivity index (χ4n) is 2.01. The maximum atomic E-state index is 13.4. The zero-order valence-electron chi connectivity index (χ0n) is 10.7. The lowest BCUT2D eigenvalue weighted by Gasteiger charge is -2.16. The normalized spacial score (nSPS) is 12.8. The van der Waals surface area contributed by atoms with Crippen molar-refractivity contribution in [2.75, 3.05) is 6.54 Å². The summed E-state index contributed by atoms with van der Waals surface area (Å²) >= 11 is 0. The van der Waals surface area contributed by atoms with Crippen molar-refractivity contribution in [3.05, 3.63) is 35.4 Å². The smallest absolute Gasteiger partial charge is 0.166 e. The van der Waals surface area contributed by atoms with E-state index in [1.807, 2.05) is 13.8 Å². The third kappa shape index (κ3) is 4.18. The third-order valence-corrected chi connectivity index (χ3v) is 2.84. The predicted octanol–water partition coefficient (Wildman–Crippen LogP) is 3.16. The molecule has 0 spiro atoms. The van der Waals surface area contributed by atoms with E-state index in [2.05, 4.69) is 0 Å². The SMILES string of the molecule is CC(C)CC(CN)CC(=O)c1cc(F)ccc1F. The first kappa shape index (κ1) is 14.8. The van der Waals surface area contributed by atoms with Crippen LogP contribution in [0.5, 0.6) is 0 Å². The maximum Gasteiger partial charge on any atom is 0.166 e. The molecular weight excluding hydrogens is 236 g/mol. The summed E-state index contributed by atoms with van der Waals surface area (Å²) in [6.45, 7) is 4.45. The van der Waals surface area contributed by atoms with Crippen LogP contribution in [0.15, 0.2) is 18.2 Å². The number of hydrogen-bond donors (Lipinski definition) is 1. The summed E-state index contributed by atoms with van der Waals surface area (Å²) in [5.74, 6) is -1.23. The molecule has 0 bridgehead atoms. The summed E-state index contributed by atoms with van der Waals surface area (Å²) in [7, 11) is 0. The number of halogens is 2. The number of nitrogens with two attached hydrogens (primary N) is 1. The molecule has 18 heavy (non-hydrogen) atoms. The molecule has 2 N–H and O–H groups in total. The molecule has 0 saturated carbocycles. The molecule has 1 aromatic rings. The number of carbonyl (C=O) groups is 1. The molecule has 0 saturated heterocycles. The van der Waals surface area contributed by atoms with Gasteiger partial charge in [0, 0.05) is 6.42 Å². The van der Waals surface area contributed by atoms with Gasteiger partial charge in [-0.05, 0) is 43.0 Å². The van der Waals surface area contributed by atoms with E-state index in [1.165, 1.54) is 0 Å². The first-order valence-corrected chi connectivity index (χ1v) is 6.12. The standard InChI is InChI=1S/C14H19F2NO/c1-9(2)5-10(8-17)6-14(18)12-7-11(15)3-4-13(12)16/h3-4,7,9-10H,5-6,8,17H2,1-2H3. The highest BCUT2D eigenvalue weighted by molar-refractivity contribution is 5.96. The Labute approximate surface area is 106 Å². The van der Waals surface area contributed by atoms with Crippen molar-refractivity contribution >= 4 is 5.78 Å². The van der Waals surface area contributed by atoms with Gasteiger partial charge < -0.3 is 5.73 Å². The average Bonchev–Trinajstić information content (AvgIpc) is 2.30. The van der Waals surface area contributed by atoms with Gasteiger partial charge in [0.1, 0.15) is 11.6 Å². The second-order valence-electron chi connectivity index (χ2n) is 4.98. The van der Waals surface area contributed by atoms with Crippen LogP contribution in [-0.2, 0) is 0 Å². The lowest BCUT2D eigenvalue weighted by Crippen LogP contribution is -2.20. The molecule has 0 aliphatic heterocycles. The largest absolute Gasteiger partial charge is 0.330 e. The molecule has 0 aromatic heterocycles. The second kappa shape index (κ2) is 6.59. The summed E-state index contributed by atoms with van der Waals surface area (Å²) in [6.07, 6.45) is 0.966. The van der Waals surface area contributed by atoms with Gasteiger partial charge in [-0.25, -0.2) is 8.78 Å². The van der Waals surface area contributed by atoms with Crippen molar-refractivity contribution in [3.63, 3.8) is 0 Å². The Morgan fingerprint density at radius 3 is 2.56 bits per heavy atom. The van der Waals surface area contributed by atoms with Crippen molar-refractivity contribution in [2.45, 2.75) is 26.7 Å². The average molecular weight is 255 g/mol. The number of hydrogen-bond acceptors (Lipinski definition) is 2. The summed E-state index contributed by atoms with van der Waals surface area (Å²) < 4.78 is 26.4. The second-order valence-corrected chi connectivity index (χ2v) is 4.98. The highest BCUT2D eigenvalue weighted by atomic mass is 19.1. The molecule has 4 heteroatoms. The van der Waals surface area contributed by atoms with Crippen molar-refractivity contribution in [1.29, 1.82) is 0 Å². The minimum atomic E-state index is -0.679. The number of carbonyl (C=O) groups excluding carboxylic acids is 1. The minimum Gasteiger partial charge on any atom is -0.330 e. The van der Waals surface area contributed by atoms with Gasteiger partial charge >= 0.3 is 0 Å². The molecule has 0 heterocycles. The van der Waals surface area contributed by atoms with Gasteiger partial charge in [-0.15, -0.1) is 0 Å². The molecule has 1 rings (SSSR count). The maximum absolute atomic E-state index is 13.4. The molecule has 0 aliphatic rings. The van der Waals surface area contributed by atoms with Gasteiger partial charge in [0.05, 0.1) is 5.56 Å². The predicted molar refractivity (Wildman–Crippen MR) is 67.3 cm³/mol. The molecule has 1 unspecified atom stereocenters. The Kier molecular flexibility index (Phi) is 5.41. The van der Waals surface area contributed by atoms with E-state index in [9.17, 15) is 13.6 Å². The van der Waals surface area contributed by atoms with Gasteiger partial charge in [-0.2, -0.15) is 0 Å². The van der Waals surface area contributed by atoms with Gasteiger partial charge in [-0.3, -0.25) is 4.79 Å². The Hall–Kier alpha value is -1.29. The third-order valence-electron chi connectivity index (χ3n) is 2.84. The highest BCUT2D eigenvalue weighted by Crippen LogP contribution is 2.19. The summed E-state index contributed by atoms with van der Waals surface area (Å²) in [4.78, 5) is 11.9. The van der Waals surface area contributed by atoms with E-state index in [-0.39, 0.29) is 23.7 Å². The minimum absolute atomic E-state index is 0.0140. The first-order chi connectivity index (χ1) is 8.43. The van der Waals surface area contributed by atoms with Crippen molar-refractivity contribution in [1.82, 2.24) is 0 Å². The Bertz CT molecular complexity index is 418. The zero-order chi connectivity index (χ0) is 13.7. The van der Waals surface area contributed by atoms with Gasteiger partial charge in [0.2, 0.25) is 0 Å². The van der Waals surface area contributed by atoms with Gasteiger partial charge in [-0.1, -0.05) is 13.8 Å². The van der Waals surface area contributed by atoms with E-state index in [0.717, 1.165) is 24.6 Å². The number of benzene rings is 1. The lowest BCUT2D eigenvalue weighted by atomic mass is 9.90. The van der Waals surface area contributed by atoms with Crippen molar-refractivity contribution in [3.8, 4) is 0 Å². The van der Waals surface area contributed by atoms with Crippen molar-refractivity contribution in [2.24, 2.45) is 17.6 Å². The van der Waals surface area contributed by atoms with Crippen LogP contribution in [0.3, 0.4) is 0 Å². The fraction of sp³-hybridized carbons (Fsp3) is 0.500. The number of ketones is 1. The molecule has 1 atom stereocenters. The molecule has 100 valence electrons. The van der Waals surface area contributed by atoms with Gasteiger partial charge in [0.25, 0.3) is 0 Å². The molecule has 0 fully saturated rings. The van der Waals surface area contributed by atoms with Crippen LogP contribution in [-0.4, -0.2) is 12.3 Å². The van der Waals surface area contributed by atoms with Crippen LogP contribution in [0.2, 0.25) is 0 Å². The summed E-state index contributed by atoms with van der Waals surface area (Å²) in [5.41, 5.74) is 5.41. The lowest BCUT2D eigenvalue weighted by molar-refractivity contribution is 0.0953. The number of Topliss-reactive ketones (excluding diaryl/α,β-unsaturated/α-hetero) is 1. The quantitative estimate of drug-likeness (QED) is 0.793. The Balaban J connectivity index is 2.77. The van der Waals surface area contributed by atoms with E-state index in [0.29, 0.717) is 12.5 Å². The Morgan fingerprint density at radius 2 is 2.00 bits per heavy atom. The Morgan fingerprint density at radius 1 is 1.33 bits per heavy atom. The van der Waals surface area contributed by atoms with Crippen LogP contribution in [0.1, 0.15) is 37.0 Å². The van der Waals surface area contributed by atoms with Crippen LogP contribution in [0.4, 0.5) is 8.78 Å². The molecular formula is C14H19F2NO. The molecule has 0 aliphatic carbocycles. The highest BCUT2D eigenvalue weighted by Gasteiger charge is 2.18. The van der Waals surface area contributed by atoms with E-state index < -0.39 is 11.6 Å². The van der Waals surface area contributed by atoms with E-state index in [4.69, 9.17) is 5.73 Å². The van der Waals surface area contributed by atoms with Crippen LogP contribution in [0, 0.1) is 23.5 Å². The topological polar surface area (TPSA) is 43.1 Å². The molecule has 2 nitrogen and oxygen atoms in total.